The van der Waals surface area contributed by atoms with E-state index >= 15 is 0 Å². The Morgan fingerprint density at radius 2 is 1.82 bits per heavy atom. The number of hydrogen-bond donors (Lipinski definition) is 3. The SMILES string of the molecule is Cc1ccc(C(=O)NC2CC2)cc1-n1cnc(C(=O)c2ccc(S)cc2)c1N. The molecular weight excluding hydrogens is 372 g/mol. The molecule has 1 amide bonds. The lowest BCUT2D eigenvalue weighted by molar-refractivity contribution is 0.0950. The number of aromatic nitrogens is 2. The Labute approximate surface area is 168 Å². The molecule has 1 aromatic heterocycles. The Morgan fingerprint density at radius 3 is 2.50 bits per heavy atom. The van der Waals surface area contributed by atoms with Crippen molar-refractivity contribution in [2.24, 2.45) is 0 Å². The van der Waals surface area contributed by atoms with Crippen LogP contribution in [0.25, 0.3) is 5.69 Å². The quantitative estimate of drug-likeness (QED) is 0.460. The second-order valence-corrected chi connectivity index (χ2v) is 7.49. The molecular formula is C21H20N4O2S. The van der Waals surface area contributed by atoms with Crippen LogP contribution in [0, 0.1) is 6.92 Å². The summed E-state index contributed by atoms with van der Waals surface area (Å²) >= 11 is 4.23. The molecule has 0 unspecified atom stereocenters. The van der Waals surface area contributed by atoms with E-state index < -0.39 is 0 Å². The number of ketones is 1. The van der Waals surface area contributed by atoms with Gasteiger partial charge in [0, 0.05) is 22.1 Å². The lowest BCUT2D eigenvalue weighted by Gasteiger charge is -2.12. The maximum Gasteiger partial charge on any atom is 0.251 e. The number of anilines is 1. The standard InChI is InChI=1S/C21H20N4O2S/c1-12-2-3-14(21(27)24-15-6-7-15)10-17(12)25-11-23-18(20(25)22)19(26)13-4-8-16(28)9-5-13/h2-5,8-11,15,28H,6-7,22H2,1H3,(H,24,27). The van der Waals surface area contributed by atoms with Gasteiger partial charge in [0.25, 0.3) is 5.91 Å². The molecule has 0 spiro atoms. The van der Waals surface area contributed by atoms with Crippen LogP contribution in [0.3, 0.4) is 0 Å². The van der Waals surface area contributed by atoms with Gasteiger partial charge in [0.15, 0.2) is 5.69 Å². The summed E-state index contributed by atoms with van der Waals surface area (Å²) in [6.45, 7) is 1.92. The third-order valence-corrected chi connectivity index (χ3v) is 5.09. The molecule has 1 aliphatic carbocycles. The molecule has 142 valence electrons. The Balaban J connectivity index is 1.67. The van der Waals surface area contributed by atoms with Crippen molar-refractivity contribution in [3.8, 4) is 5.69 Å². The maximum atomic E-state index is 12.8. The number of hydrogen-bond acceptors (Lipinski definition) is 5. The average molecular weight is 392 g/mol. The highest BCUT2D eigenvalue weighted by molar-refractivity contribution is 7.80. The topological polar surface area (TPSA) is 90.0 Å². The smallest absolute Gasteiger partial charge is 0.251 e. The van der Waals surface area contributed by atoms with Crippen molar-refractivity contribution in [1.82, 2.24) is 14.9 Å². The molecule has 28 heavy (non-hydrogen) atoms. The predicted octanol–water partition coefficient (Wildman–Crippen LogP) is 3.17. The van der Waals surface area contributed by atoms with Crippen LogP contribution in [-0.4, -0.2) is 27.3 Å². The van der Waals surface area contributed by atoms with Gasteiger partial charge in [0.05, 0.1) is 5.69 Å². The normalized spacial score (nSPS) is 13.4. The maximum absolute atomic E-state index is 12.8. The summed E-state index contributed by atoms with van der Waals surface area (Å²) in [4.78, 5) is 30.1. The first-order valence-corrected chi connectivity index (χ1v) is 9.47. The van der Waals surface area contributed by atoms with E-state index in [1.54, 1.807) is 41.0 Å². The molecule has 0 radical (unpaired) electrons. The molecule has 0 atom stereocenters. The number of nitrogens with one attached hydrogen (secondary N) is 1. The minimum Gasteiger partial charge on any atom is -0.383 e. The van der Waals surface area contributed by atoms with Crippen LogP contribution in [0.15, 0.2) is 53.7 Å². The van der Waals surface area contributed by atoms with Gasteiger partial charge in [0.1, 0.15) is 12.1 Å². The number of aryl methyl sites for hydroxylation is 1. The van der Waals surface area contributed by atoms with Crippen molar-refractivity contribution >= 4 is 30.1 Å². The van der Waals surface area contributed by atoms with Gasteiger partial charge in [-0.1, -0.05) is 6.07 Å². The summed E-state index contributed by atoms with van der Waals surface area (Å²) in [6.07, 6.45) is 3.57. The average Bonchev–Trinajstić information content (AvgIpc) is 3.42. The zero-order chi connectivity index (χ0) is 19.8. The van der Waals surface area contributed by atoms with E-state index in [0.717, 1.165) is 29.0 Å². The monoisotopic (exact) mass is 392 g/mol. The lowest BCUT2D eigenvalue weighted by atomic mass is 10.1. The van der Waals surface area contributed by atoms with Crippen molar-refractivity contribution in [3.63, 3.8) is 0 Å². The molecule has 0 bridgehead atoms. The number of nitrogens with zero attached hydrogens (tertiary/aromatic N) is 2. The van der Waals surface area contributed by atoms with E-state index in [2.05, 4.69) is 22.9 Å². The molecule has 1 saturated carbocycles. The first-order chi connectivity index (χ1) is 13.4. The van der Waals surface area contributed by atoms with E-state index in [0.29, 0.717) is 11.1 Å². The van der Waals surface area contributed by atoms with Crippen molar-refractivity contribution in [2.45, 2.75) is 30.7 Å². The van der Waals surface area contributed by atoms with Gasteiger partial charge < -0.3 is 11.1 Å². The van der Waals surface area contributed by atoms with Gasteiger partial charge in [-0.05, 0) is 61.7 Å². The third kappa shape index (κ3) is 3.53. The Morgan fingerprint density at radius 1 is 1.14 bits per heavy atom. The second kappa shape index (κ2) is 7.16. The minimum absolute atomic E-state index is 0.106. The fourth-order valence-corrected chi connectivity index (χ4v) is 3.13. The largest absolute Gasteiger partial charge is 0.383 e. The Kier molecular flexibility index (Phi) is 4.68. The first-order valence-electron chi connectivity index (χ1n) is 9.02. The molecule has 3 N–H and O–H groups in total. The summed E-state index contributed by atoms with van der Waals surface area (Å²) in [5, 5.41) is 2.98. The number of nitrogen functional groups attached to an aromatic ring is 1. The van der Waals surface area contributed by atoms with E-state index in [-0.39, 0.29) is 29.2 Å². The van der Waals surface area contributed by atoms with Crippen LogP contribution in [-0.2, 0) is 0 Å². The van der Waals surface area contributed by atoms with Crippen LogP contribution in [0.5, 0.6) is 0 Å². The summed E-state index contributed by atoms with van der Waals surface area (Å²) in [5.74, 6) is -0.127. The fourth-order valence-electron chi connectivity index (χ4n) is 2.98. The fraction of sp³-hybridized carbons (Fsp3) is 0.190. The van der Waals surface area contributed by atoms with Crippen molar-refractivity contribution in [1.29, 1.82) is 0 Å². The summed E-state index contributed by atoms with van der Waals surface area (Å²) in [7, 11) is 0. The molecule has 1 heterocycles. The van der Waals surface area contributed by atoms with E-state index in [1.165, 1.54) is 6.33 Å². The Hall–Kier alpha value is -3.06. The van der Waals surface area contributed by atoms with Gasteiger partial charge >= 0.3 is 0 Å². The number of imidazole rings is 1. The van der Waals surface area contributed by atoms with Crippen molar-refractivity contribution in [3.05, 3.63) is 71.2 Å². The van der Waals surface area contributed by atoms with Crippen LogP contribution < -0.4 is 11.1 Å². The number of carbonyl (C=O) groups excluding carboxylic acids is 2. The van der Waals surface area contributed by atoms with Gasteiger partial charge in [0.2, 0.25) is 5.78 Å². The number of rotatable bonds is 5. The van der Waals surface area contributed by atoms with Crippen LogP contribution in [0.4, 0.5) is 5.82 Å². The molecule has 0 aliphatic heterocycles. The summed E-state index contributed by atoms with van der Waals surface area (Å²) < 4.78 is 1.64. The highest BCUT2D eigenvalue weighted by atomic mass is 32.1. The van der Waals surface area contributed by atoms with Crippen molar-refractivity contribution in [2.75, 3.05) is 5.73 Å². The highest BCUT2D eigenvalue weighted by Gasteiger charge is 2.24. The Bertz CT molecular complexity index is 1070. The number of carbonyl (C=O) groups is 2. The van der Waals surface area contributed by atoms with E-state index in [1.807, 2.05) is 13.0 Å². The number of benzene rings is 2. The van der Waals surface area contributed by atoms with Gasteiger partial charge in [-0.25, -0.2) is 4.98 Å². The highest BCUT2D eigenvalue weighted by Crippen LogP contribution is 2.25. The molecule has 4 rings (SSSR count). The first kappa shape index (κ1) is 18.3. The molecule has 6 nitrogen and oxygen atoms in total. The van der Waals surface area contributed by atoms with E-state index in [4.69, 9.17) is 5.73 Å². The van der Waals surface area contributed by atoms with Crippen LogP contribution >= 0.6 is 12.6 Å². The molecule has 2 aromatic carbocycles. The molecule has 0 saturated heterocycles. The molecule has 7 heteroatoms. The van der Waals surface area contributed by atoms with Gasteiger partial charge in [-0.3, -0.25) is 14.2 Å². The summed E-state index contributed by atoms with van der Waals surface area (Å²) in [5.41, 5.74) is 9.12. The summed E-state index contributed by atoms with van der Waals surface area (Å²) in [6, 6.07) is 12.6. The predicted molar refractivity (Wildman–Crippen MR) is 110 cm³/mol. The zero-order valence-electron chi connectivity index (χ0n) is 15.3. The van der Waals surface area contributed by atoms with Crippen molar-refractivity contribution < 1.29 is 9.59 Å². The number of amides is 1. The minimum atomic E-state index is -0.259. The zero-order valence-corrected chi connectivity index (χ0v) is 16.2. The van der Waals surface area contributed by atoms with Gasteiger partial charge in [-0.2, -0.15) is 0 Å². The second-order valence-electron chi connectivity index (χ2n) is 6.97. The molecule has 1 aliphatic rings. The molecule has 1 fully saturated rings. The van der Waals surface area contributed by atoms with Gasteiger partial charge in [-0.15, -0.1) is 12.6 Å². The van der Waals surface area contributed by atoms with E-state index in [9.17, 15) is 9.59 Å². The van der Waals surface area contributed by atoms with Crippen LogP contribution in [0.1, 0.15) is 44.8 Å². The number of thiol groups is 1. The lowest BCUT2D eigenvalue weighted by Crippen LogP contribution is -2.25. The third-order valence-electron chi connectivity index (χ3n) is 4.79. The van der Waals surface area contributed by atoms with Crippen LogP contribution in [0.2, 0.25) is 0 Å². The number of nitrogens with two attached hydrogens (primary N) is 1. The molecule has 3 aromatic rings.